The van der Waals surface area contributed by atoms with Gasteiger partial charge in [0.25, 0.3) is 0 Å². The van der Waals surface area contributed by atoms with Crippen molar-refractivity contribution < 1.29 is 29.3 Å². The number of carbonyl (C=O) groups is 2. The minimum atomic E-state index is -0.841. The molecule has 0 aliphatic carbocycles. The first-order chi connectivity index (χ1) is 20.9. The average molecular weight is 587 g/mol. The lowest BCUT2D eigenvalue weighted by Gasteiger charge is -2.37. The van der Waals surface area contributed by atoms with Gasteiger partial charge in [-0.05, 0) is 47.7 Å². The molecule has 1 amide bonds. The Morgan fingerprint density at radius 2 is 1.67 bits per heavy atom. The zero-order valence-electron chi connectivity index (χ0n) is 24.8. The van der Waals surface area contributed by atoms with Gasteiger partial charge in [-0.1, -0.05) is 78.9 Å². The molecular formula is C35H42N2O6. The van der Waals surface area contributed by atoms with Gasteiger partial charge in [-0.25, -0.2) is 0 Å². The maximum atomic E-state index is 12.3. The van der Waals surface area contributed by atoms with Crippen LogP contribution in [0.25, 0.3) is 11.1 Å². The summed E-state index contributed by atoms with van der Waals surface area (Å²) in [5, 5.41) is 21.2. The molecule has 8 nitrogen and oxygen atoms in total. The number of aliphatic carboxylic acids is 1. The van der Waals surface area contributed by atoms with E-state index in [9.17, 15) is 14.7 Å². The predicted octanol–water partition coefficient (Wildman–Crippen LogP) is 5.77. The number of carboxylic acid groups (broad SMARTS) is 1. The third-order valence-electron chi connectivity index (χ3n) is 7.60. The Kier molecular flexibility index (Phi) is 12.1. The van der Waals surface area contributed by atoms with Gasteiger partial charge in [0.15, 0.2) is 6.29 Å². The van der Waals surface area contributed by atoms with Crippen LogP contribution in [0.1, 0.15) is 66.8 Å². The van der Waals surface area contributed by atoms with Crippen LogP contribution in [0.2, 0.25) is 0 Å². The summed E-state index contributed by atoms with van der Waals surface area (Å²) < 4.78 is 12.9. The molecule has 4 rings (SSSR count). The molecule has 1 heterocycles. The third-order valence-corrected chi connectivity index (χ3v) is 7.60. The molecule has 1 saturated heterocycles. The van der Waals surface area contributed by atoms with Crippen LogP contribution >= 0.6 is 0 Å². The molecule has 3 aromatic rings. The summed E-state index contributed by atoms with van der Waals surface area (Å²) in [6, 6.07) is 24.0. The number of benzene rings is 3. The zero-order valence-corrected chi connectivity index (χ0v) is 24.8. The fourth-order valence-electron chi connectivity index (χ4n) is 5.30. The normalized spacial score (nSPS) is 18.3. The van der Waals surface area contributed by atoms with Crippen LogP contribution in [0.3, 0.4) is 0 Å². The molecular weight excluding hydrogens is 544 g/mol. The number of carboxylic acids is 1. The average Bonchev–Trinajstić information content (AvgIpc) is 3.02. The van der Waals surface area contributed by atoms with Crippen molar-refractivity contribution >= 4 is 11.9 Å². The molecule has 0 radical (unpaired) electrons. The maximum absolute atomic E-state index is 12.3. The molecule has 0 bridgehead atoms. The van der Waals surface area contributed by atoms with Crippen LogP contribution in [0.5, 0.6) is 0 Å². The zero-order chi connectivity index (χ0) is 30.6. The van der Waals surface area contributed by atoms with Crippen LogP contribution in [0.4, 0.5) is 0 Å². The smallest absolute Gasteiger partial charge is 0.303 e. The first-order valence-corrected chi connectivity index (χ1v) is 14.8. The van der Waals surface area contributed by atoms with E-state index in [4.69, 9.17) is 14.6 Å². The number of likely N-dealkylation sites (N-methyl/N-ethyl adjacent to an activating group) is 1. The molecule has 1 fully saturated rings. The Labute approximate surface area is 254 Å². The number of hydrogen-bond donors (Lipinski definition) is 3. The highest BCUT2D eigenvalue weighted by atomic mass is 16.7. The Morgan fingerprint density at radius 3 is 2.37 bits per heavy atom. The molecule has 3 atom stereocenters. The number of unbranched alkanes of at least 4 members (excludes halogenated alkanes) is 1. The molecule has 0 spiro atoms. The van der Waals surface area contributed by atoms with Gasteiger partial charge in [0.05, 0.1) is 18.8 Å². The van der Waals surface area contributed by atoms with E-state index in [-0.39, 0.29) is 31.1 Å². The van der Waals surface area contributed by atoms with Crippen LogP contribution in [-0.2, 0) is 32.2 Å². The number of amides is 1. The Bertz CT molecular complexity index is 1340. The van der Waals surface area contributed by atoms with Crippen molar-refractivity contribution in [2.75, 3.05) is 20.1 Å². The fourth-order valence-corrected chi connectivity index (χ4v) is 5.30. The van der Waals surface area contributed by atoms with Gasteiger partial charge in [0.1, 0.15) is 0 Å². The molecule has 3 aromatic carbocycles. The molecule has 228 valence electrons. The summed E-state index contributed by atoms with van der Waals surface area (Å²) in [6.07, 6.45) is 3.29. The molecule has 3 N–H and O–H groups in total. The molecule has 1 aliphatic rings. The summed E-state index contributed by atoms with van der Waals surface area (Å²) in [4.78, 5) is 25.2. The Balaban J connectivity index is 1.45. The minimum Gasteiger partial charge on any atom is -0.481 e. The maximum Gasteiger partial charge on any atom is 0.303 e. The van der Waals surface area contributed by atoms with Crippen molar-refractivity contribution in [3.8, 4) is 11.1 Å². The van der Waals surface area contributed by atoms with Gasteiger partial charge in [0.2, 0.25) is 5.91 Å². The second-order valence-electron chi connectivity index (χ2n) is 11.0. The van der Waals surface area contributed by atoms with E-state index in [1.807, 2.05) is 78.9 Å². The number of nitrogens with zero attached hydrogens (tertiary/aromatic N) is 1. The van der Waals surface area contributed by atoms with E-state index in [1.54, 1.807) is 0 Å². The summed E-state index contributed by atoms with van der Waals surface area (Å²) in [5.41, 5.74) is 5.87. The summed E-state index contributed by atoms with van der Waals surface area (Å²) in [5.74, 6) is -0.928. The van der Waals surface area contributed by atoms with E-state index in [2.05, 4.69) is 23.8 Å². The van der Waals surface area contributed by atoms with Gasteiger partial charge in [-0.3, -0.25) is 9.59 Å². The van der Waals surface area contributed by atoms with E-state index in [0.29, 0.717) is 32.2 Å². The molecule has 0 aromatic heterocycles. The monoisotopic (exact) mass is 586 g/mol. The summed E-state index contributed by atoms with van der Waals surface area (Å²) in [6.45, 7) is 5.75. The van der Waals surface area contributed by atoms with E-state index in [0.717, 1.165) is 46.5 Å². The second kappa shape index (κ2) is 16.1. The van der Waals surface area contributed by atoms with Crippen molar-refractivity contribution in [3.05, 3.63) is 108 Å². The standard InChI is InChI=1S/C35H42N2O6/c1-3-20-37(2)23-30-21-32(27-14-12-25(24-38)13-15-27)43-35(42-30)28-18-16-26(17-19-28)31-9-5-4-8-29(31)22-36-33(39)10-6-7-11-34(40)41/h3-5,8-9,12-19,30,32,35,38H,1,6-7,10-11,20-24H2,2H3,(H,36,39)(H,40,41)/t30-,32+,35+/m0/s1. The topological polar surface area (TPSA) is 108 Å². The van der Waals surface area contributed by atoms with Crippen LogP contribution in [0.15, 0.2) is 85.5 Å². The third kappa shape index (κ3) is 9.59. The number of carbonyl (C=O) groups excluding carboxylic acids is 1. The van der Waals surface area contributed by atoms with Gasteiger partial charge < -0.3 is 29.9 Å². The van der Waals surface area contributed by atoms with Gasteiger partial charge >= 0.3 is 5.97 Å². The minimum absolute atomic E-state index is 0.00293. The quantitative estimate of drug-likeness (QED) is 0.153. The number of rotatable bonds is 15. The lowest BCUT2D eigenvalue weighted by atomic mass is 9.97. The van der Waals surface area contributed by atoms with Crippen molar-refractivity contribution in [1.82, 2.24) is 10.2 Å². The van der Waals surface area contributed by atoms with Gasteiger partial charge in [-0.2, -0.15) is 0 Å². The van der Waals surface area contributed by atoms with Crippen molar-refractivity contribution in [3.63, 3.8) is 0 Å². The van der Waals surface area contributed by atoms with Gasteiger partial charge in [0, 0.05) is 44.5 Å². The van der Waals surface area contributed by atoms with Crippen LogP contribution in [0, 0.1) is 0 Å². The first kappa shape index (κ1) is 32.1. The van der Waals surface area contributed by atoms with E-state index < -0.39 is 12.3 Å². The molecule has 43 heavy (non-hydrogen) atoms. The molecule has 0 unspecified atom stereocenters. The van der Waals surface area contributed by atoms with E-state index >= 15 is 0 Å². The highest BCUT2D eigenvalue weighted by molar-refractivity contribution is 5.76. The summed E-state index contributed by atoms with van der Waals surface area (Å²) >= 11 is 0. The number of aliphatic hydroxyl groups is 1. The highest BCUT2D eigenvalue weighted by Crippen LogP contribution is 2.38. The Morgan fingerprint density at radius 1 is 0.977 bits per heavy atom. The number of ether oxygens (including phenoxy) is 2. The van der Waals surface area contributed by atoms with E-state index in [1.165, 1.54) is 0 Å². The number of nitrogens with one attached hydrogen (secondary N) is 1. The predicted molar refractivity (Wildman–Crippen MR) is 166 cm³/mol. The highest BCUT2D eigenvalue weighted by Gasteiger charge is 2.32. The molecule has 8 heteroatoms. The SMILES string of the molecule is C=CCN(C)C[C@@H]1C[C@H](c2ccc(CO)cc2)O[C@H](c2ccc(-c3ccccc3CNC(=O)CCCCC(=O)O)cc2)O1. The Hall–Kier alpha value is -3.82. The number of hydrogen-bond acceptors (Lipinski definition) is 6. The largest absolute Gasteiger partial charge is 0.481 e. The van der Waals surface area contributed by atoms with Gasteiger partial charge in [-0.15, -0.1) is 6.58 Å². The lowest BCUT2D eigenvalue weighted by molar-refractivity contribution is -0.252. The first-order valence-electron chi connectivity index (χ1n) is 14.8. The van der Waals surface area contributed by atoms with Crippen molar-refractivity contribution in [2.24, 2.45) is 0 Å². The van der Waals surface area contributed by atoms with Crippen LogP contribution in [-0.4, -0.2) is 53.2 Å². The second-order valence-corrected chi connectivity index (χ2v) is 11.0. The number of aliphatic hydroxyl groups excluding tert-OH is 1. The van der Waals surface area contributed by atoms with Crippen molar-refractivity contribution in [1.29, 1.82) is 0 Å². The van der Waals surface area contributed by atoms with Crippen LogP contribution < -0.4 is 5.32 Å². The fraction of sp³-hybridized carbons (Fsp3) is 0.371. The molecule has 1 aliphatic heterocycles. The molecule has 0 saturated carbocycles. The summed E-state index contributed by atoms with van der Waals surface area (Å²) in [7, 11) is 2.05. The lowest BCUT2D eigenvalue weighted by Crippen LogP contribution is -2.37. The van der Waals surface area contributed by atoms with Crippen molar-refractivity contribution in [2.45, 2.75) is 63.8 Å².